The van der Waals surface area contributed by atoms with E-state index in [9.17, 15) is 4.39 Å². The molecule has 0 unspecified atom stereocenters. The predicted molar refractivity (Wildman–Crippen MR) is 75.1 cm³/mol. The molecule has 1 aromatic heterocycles. The molecule has 5 nitrogen and oxygen atoms in total. The fourth-order valence-corrected chi connectivity index (χ4v) is 1.86. The Balaban J connectivity index is 0.000000545. The molecule has 0 aliphatic carbocycles. The van der Waals surface area contributed by atoms with Crippen LogP contribution in [-0.2, 0) is 9.59 Å². The molecule has 3 rings (SSSR count). The number of halogens is 2. The number of rotatable bonds is 2. The molecule has 0 bridgehead atoms. The highest BCUT2D eigenvalue weighted by atomic mass is 35.5. The van der Waals surface area contributed by atoms with Gasteiger partial charge in [-0.15, -0.1) is 0 Å². The highest BCUT2D eigenvalue weighted by Crippen LogP contribution is 2.26. The van der Waals surface area contributed by atoms with Crippen LogP contribution in [0.5, 0.6) is 0 Å². The number of hydrogen-bond donors (Lipinski definition) is 0. The quantitative estimate of drug-likeness (QED) is 0.721. The largest absolute Gasteiger partial charge is 0.373 e. The maximum absolute atomic E-state index is 13.7. The molecular formula is C15H8ClFN2O3. The minimum Gasteiger partial charge on any atom is -0.334 e. The van der Waals surface area contributed by atoms with E-state index in [1.54, 1.807) is 6.07 Å². The first-order valence-corrected chi connectivity index (χ1v) is 6.37. The van der Waals surface area contributed by atoms with Crippen molar-refractivity contribution < 1.29 is 18.5 Å². The summed E-state index contributed by atoms with van der Waals surface area (Å²) in [6.07, 6.45) is 0.250. The van der Waals surface area contributed by atoms with E-state index >= 15 is 0 Å². The zero-order valence-electron chi connectivity index (χ0n) is 11.0. The lowest BCUT2D eigenvalue weighted by atomic mass is 10.2. The molecule has 0 N–H and O–H groups in total. The third-order valence-electron chi connectivity index (χ3n) is 2.62. The van der Waals surface area contributed by atoms with Crippen LogP contribution in [0.15, 0.2) is 53.1 Å². The lowest BCUT2D eigenvalue weighted by Crippen LogP contribution is -1.85. The number of nitrogens with zero attached hydrogens (tertiary/aromatic N) is 2. The first kappa shape index (κ1) is 15.6. The van der Waals surface area contributed by atoms with Gasteiger partial charge in [0.25, 0.3) is 5.89 Å². The van der Waals surface area contributed by atoms with Crippen LogP contribution in [0.1, 0.15) is 0 Å². The molecule has 0 spiro atoms. The third-order valence-corrected chi connectivity index (χ3v) is 2.85. The molecule has 7 heteroatoms. The predicted octanol–water partition coefficient (Wildman–Crippen LogP) is 3.61. The Hall–Kier alpha value is -2.82. The maximum atomic E-state index is 13.7. The fraction of sp³-hybridized carbons (Fsp3) is 0. The summed E-state index contributed by atoms with van der Waals surface area (Å²) in [6, 6.07) is 13.6. The van der Waals surface area contributed by atoms with Crippen molar-refractivity contribution in [3.05, 3.63) is 59.4 Å². The standard InChI is InChI=1S/C14H8ClFN2O.CO2/c15-10-6-7-11(12(16)8-10)14-17-13(18-19-14)9-4-2-1-3-5-9;2-1-3/h1-8H;. The number of benzene rings is 2. The average Bonchev–Trinajstić information content (AvgIpc) is 2.98. The van der Waals surface area contributed by atoms with Gasteiger partial charge in [0.2, 0.25) is 5.82 Å². The Morgan fingerprint density at radius 2 is 1.77 bits per heavy atom. The van der Waals surface area contributed by atoms with Crippen molar-refractivity contribution in [2.24, 2.45) is 0 Å². The second-order valence-corrected chi connectivity index (χ2v) is 4.43. The van der Waals surface area contributed by atoms with Gasteiger partial charge in [-0.3, -0.25) is 0 Å². The summed E-state index contributed by atoms with van der Waals surface area (Å²) in [5.41, 5.74) is 1.05. The van der Waals surface area contributed by atoms with Crippen LogP contribution in [0.2, 0.25) is 5.02 Å². The minimum atomic E-state index is -0.490. The van der Waals surface area contributed by atoms with E-state index in [4.69, 9.17) is 25.7 Å². The molecule has 3 aromatic rings. The van der Waals surface area contributed by atoms with E-state index in [0.717, 1.165) is 5.56 Å². The van der Waals surface area contributed by atoms with Crippen molar-refractivity contribution >= 4 is 17.8 Å². The fourth-order valence-electron chi connectivity index (χ4n) is 1.70. The molecule has 0 radical (unpaired) electrons. The molecular weight excluding hydrogens is 311 g/mol. The minimum absolute atomic E-state index is 0.132. The summed E-state index contributed by atoms with van der Waals surface area (Å²) < 4.78 is 18.8. The first-order valence-electron chi connectivity index (χ1n) is 5.99. The molecule has 1 heterocycles. The molecule has 0 atom stereocenters. The SMILES string of the molecule is Fc1cc(Cl)ccc1-c1nc(-c2ccccc2)no1.O=C=O. The molecule has 0 amide bonds. The van der Waals surface area contributed by atoms with Gasteiger partial charge in [-0.05, 0) is 18.2 Å². The van der Waals surface area contributed by atoms with E-state index in [-0.39, 0.29) is 17.6 Å². The summed E-state index contributed by atoms with van der Waals surface area (Å²) in [7, 11) is 0. The normalized spacial score (nSPS) is 9.55. The average molecular weight is 319 g/mol. The van der Waals surface area contributed by atoms with Crippen LogP contribution in [0, 0.1) is 5.82 Å². The second-order valence-electron chi connectivity index (χ2n) is 4.00. The van der Waals surface area contributed by atoms with Gasteiger partial charge in [0, 0.05) is 10.6 Å². The Kier molecular flexibility index (Phi) is 5.14. The van der Waals surface area contributed by atoms with Crippen molar-refractivity contribution in [1.29, 1.82) is 0 Å². The summed E-state index contributed by atoms with van der Waals surface area (Å²) >= 11 is 5.70. The Morgan fingerprint density at radius 3 is 2.41 bits per heavy atom. The number of carbonyl (C=O) groups excluding carboxylic acids is 2. The van der Waals surface area contributed by atoms with Crippen LogP contribution in [0.3, 0.4) is 0 Å². The summed E-state index contributed by atoms with van der Waals surface area (Å²) in [5, 5.41) is 4.16. The van der Waals surface area contributed by atoms with Crippen molar-refractivity contribution in [3.8, 4) is 22.8 Å². The molecule has 2 aromatic carbocycles. The van der Waals surface area contributed by atoms with Gasteiger partial charge in [0.1, 0.15) is 5.82 Å². The summed E-state index contributed by atoms with van der Waals surface area (Å²) in [5.74, 6) is 0.0636. The van der Waals surface area contributed by atoms with Crippen LogP contribution in [0.25, 0.3) is 22.8 Å². The highest BCUT2D eigenvalue weighted by Gasteiger charge is 2.14. The molecule has 110 valence electrons. The number of hydrogen-bond acceptors (Lipinski definition) is 5. The monoisotopic (exact) mass is 318 g/mol. The van der Waals surface area contributed by atoms with E-state index < -0.39 is 5.82 Å². The molecule has 0 saturated heterocycles. The molecule has 0 saturated carbocycles. The van der Waals surface area contributed by atoms with Gasteiger partial charge in [-0.1, -0.05) is 47.1 Å². The Labute approximate surface area is 129 Å². The van der Waals surface area contributed by atoms with E-state index in [1.165, 1.54) is 12.1 Å². The van der Waals surface area contributed by atoms with E-state index in [1.807, 2.05) is 30.3 Å². The van der Waals surface area contributed by atoms with Crippen molar-refractivity contribution in [1.82, 2.24) is 10.1 Å². The van der Waals surface area contributed by atoms with Gasteiger partial charge < -0.3 is 4.52 Å². The lowest BCUT2D eigenvalue weighted by Gasteiger charge is -1.97. The number of aromatic nitrogens is 2. The zero-order chi connectivity index (χ0) is 15.9. The van der Waals surface area contributed by atoms with Gasteiger partial charge in [-0.25, -0.2) is 4.39 Å². The van der Waals surface area contributed by atoms with Gasteiger partial charge in [0.15, 0.2) is 0 Å². The molecule has 22 heavy (non-hydrogen) atoms. The smallest absolute Gasteiger partial charge is 0.334 e. The van der Waals surface area contributed by atoms with Crippen molar-refractivity contribution in [2.45, 2.75) is 0 Å². The highest BCUT2D eigenvalue weighted by molar-refractivity contribution is 6.30. The lowest BCUT2D eigenvalue weighted by molar-refractivity contribution is -0.191. The van der Waals surface area contributed by atoms with Gasteiger partial charge >= 0.3 is 6.15 Å². The van der Waals surface area contributed by atoms with Gasteiger partial charge in [0.05, 0.1) is 5.56 Å². The van der Waals surface area contributed by atoms with Gasteiger partial charge in [-0.2, -0.15) is 14.6 Å². The van der Waals surface area contributed by atoms with Crippen LogP contribution >= 0.6 is 11.6 Å². The Morgan fingerprint density at radius 1 is 1.09 bits per heavy atom. The second kappa shape index (κ2) is 7.26. The molecule has 0 aliphatic rings. The van der Waals surface area contributed by atoms with Crippen molar-refractivity contribution in [2.75, 3.05) is 0 Å². The first-order chi connectivity index (χ1) is 10.7. The maximum Gasteiger partial charge on any atom is 0.373 e. The topological polar surface area (TPSA) is 73.1 Å². The molecule has 0 aliphatic heterocycles. The van der Waals surface area contributed by atoms with Crippen LogP contribution in [-0.4, -0.2) is 16.3 Å². The van der Waals surface area contributed by atoms with E-state index in [2.05, 4.69) is 10.1 Å². The van der Waals surface area contributed by atoms with Crippen molar-refractivity contribution in [3.63, 3.8) is 0 Å². The molecule has 0 fully saturated rings. The van der Waals surface area contributed by atoms with E-state index in [0.29, 0.717) is 10.8 Å². The summed E-state index contributed by atoms with van der Waals surface area (Å²) in [4.78, 5) is 20.4. The van der Waals surface area contributed by atoms with Crippen LogP contribution < -0.4 is 0 Å². The zero-order valence-corrected chi connectivity index (χ0v) is 11.7. The summed E-state index contributed by atoms with van der Waals surface area (Å²) in [6.45, 7) is 0. The third kappa shape index (κ3) is 3.63. The van der Waals surface area contributed by atoms with Crippen LogP contribution in [0.4, 0.5) is 4.39 Å². The Bertz CT molecular complexity index is 800.